The number of likely N-dealkylation sites (N-methyl/N-ethyl adjacent to an activating group) is 1. The van der Waals surface area contributed by atoms with Gasteiger partial charge in [0.15, 0.2) is 5.13 Å². The third kappa shape index (κ3) is 3.82. The number of carbonyl (C=O) groups excluding carboxylic acids is 1. The van der Waals surface area contributed by atoms with Crippen molar-refractivity contribution in [1.29, 1.82) is 0 Å². The maximum atomic E-state index is 13.1. The van der Waals surface area contributed by atoms with Crippen LogP contribution in [-0.4, -0.2) is 38.8 Å². The van der Waals surface area contributed by atoms with Crippen molar-refractivity contribution in [2.24, 2.45) is 0 Å². The Morgan fingerprint density at radius 1 is 1.12 bits per heavy atom. The van der Waals surface area contributed by atoms with Crippen molar-refractivity contribution >= 4 is 28.0 Å². The minimum absolute atomic E-state index is 0.0714. The van der Waals surface area contributed by atoms with Crippen LogP contribution in [0.5, 0.6) is 0 Å². The predicted molar refractivity (Wildman–Crippen MR) is 129 cm³/mol. The summed E-state index contributed by atoms with van der Waals surface area (Å²) in [6, 6.07) is 10.4. The fraction of sp³-hybridized carbons (Fsp3) is 0.320. The topological polar surface area (TPSA) is 62.5 Å². The van der Waals surface area contributed by atoms with Crippen molar-refractivity contribution in [3.8, 4) is 11.3 Å². The first-order valence-electron chi connectivity index (χ1n) is 10.9. The van der Waals surface area contributed by atoms with E-state index in [2.05, 4.69) is 54.3 Å². The summed E-state index contributed by atoms with van der Waals surface area (Å²) in [6.07, 6.45) is 3.15. The van der Waals surface area contributed by atoms with Gasteiger partial charge in [0.2, 0.25) is 5.91 Å². The van der Waals surface area contributed by atoms with Crippen LogP contribution in [0.3, 0.4) is 0 Å². The van der Waals surface area contributed by atoms with Gasteiger partial charge in [0, 0.05) is 36.1 Å². The Labute approximate surface area is 191 Å². The lowest BCUT2D eigenvalue weighted by Crippen LogP contribution is -2.25. The molecule has 3 aromatic heterocycles. The van der Waals surface area contributed by atoms with Gasteiger partial charge in [-0.3, -0.25) is 4.79 Å². The molecule has 1 amide bonds. The van der Waals surface area contributed by atoms with Crippen LogP contribution in [0.15, 0.2) is 36.5 Å². The monoisotopic (exact) mass is 445 g/mol. The lowest BCUT2D eigenvalue weighted by Gasteiger charge is -2.20. The number of thiazole rings is 1. The molecule has 1 aromatic carbocycles. The minimum Gasteiger partial charge on any atom is -0.303 e. The molecule has 6 nitrogen and oxygen atoms in total. The number of hydrogen-bond acceptors (Lipinski definition) is 5. The standard InChI is InChI=1S/C25H27N5OS/c1-15-7-8-18(12-17(15)3)23-20(30-10-5-6-16(2)24(30)28-23)13-22(31)27-25-26-19-9-11-29(4)14-21(19)32-25/h5-8,10,12H,9,11,13-14H2,1-4H3,(H,26,27,31). The van der Waals surface area contributed by atoms with Crippen molar-refractivity contribution in [2.75, 3.05) is 18.9 Å². The molecule has 5 rings (SSSR count). The number of pyridine rings is 1. The van der Waals surface area contributed by atoms with E-state index in [1.54, 1.807) is 11.3 Å². The molecule has 0 spiro atoms. The predicted octanol–water partition coefficient (Wildman–Crippen LogP) is 4.55. The minimum atomic E-state index is -0.0714. The van der Waals surface area contributed by atoms with Crippen molar-refractivity contribution in [1.82, 2.24) is 19.3 Å². The number of nitrogens with zero attached hydrogens (tertiary/aromatic N) is 4. The number of nitrogens with one attached hydrogen (secondary N) is 1. The Bertz CT molecular complexity index is 1340. The number of imidazole rings is 1. The zero-order valence-corrected chi connectivity index (χ0v) is 19.7. The van der Waals surface area contributed by atoms with Gasteiger partial charge in [-0.1, -0.05) is 18.2 Å². The Morgan fingerprint density at radius 3 is 2.78 bits per heavy atom. The van der Waals surface area contributed by atoms with Gasteiger partial charge < -0.3 is 14.6 Å². The van der Waals surface area contributed by atoms with Gasteiger partial charge in [-0.2, -0.15) is 0 Å². The summed E-state index contributed by atoms with van der Waals surface area (Å²) in [5.41, 5.74) is 8.33. The first-order chi connectivity index (χ1) is 15.4. The second-order valence-corrected chi connectivity index (χ2v) is 9.78. The largest absolute Gasteiger partial charge is 0.303 e. The van der Waals surface area contributed by atoms with Gasteiger partial charge in [-0.25, -0.2) is 9.97 Å². The number of amides is 1. The lowest BCUT2D eigenvalue weighted by atomic mass is 10.0. The number of benzene rings is 1. The van der Waals surface area contributed by atoms with Crippen LogP contribution in [-0.2, 0) is 24.2 Å². The molecule has 0 bridgehead atoms. The molecule has 4 aromatic rings. The van der Waals surface area contributed by atoms with E-state index in [1.807, 2.05) is 29.7 Å². The molecule has 0 atom stereocenters. The number of carbonyl (C=O) groups is 1. The van der Waals surface area contributed by atoms with Gasteiger partial charge in [0.25, 0.3) is 0 Å². The molecule has 0 unspecified atom stereocenters. The molecule has 164 valence electrons. The number of aryl methyl sites for hydroxylation is 3. The first kappa shape index (κ1) is 20.8. The average Bonchev–Trinajstić information content (AvgIpc) is 3.31. The highest BCUT2D eigenvalue weighted by molar-refractivity contribution is 7.15. The van der Waals surface area contributed by atoms with Crippen molar-refractivity contribution < 1.29 is 4.79 Å². The molecule has 4 heterocycles. The summed E-state index contributed by atoms with van der Waals surface area (Å²) in [6.45, 7) is 8.16. The van der Waals surface area contributed by atoms with E-state index >= 15 is 0 Å². The molecule has 1 aliphatic rings. The number of rotatable bonds is 4. The van der Waals surface area contributed by atoms with E-state index < -0.39 is 0 Å². The number of hydrogen-bond donors (Lipinski definition) is 1. The van der Waals surface area contributed by atoms with Crippen LogP contribution in [0.2, 0.25) is 0 Å². The van der Waals surface area contributed by atoms with Crippen LogP contribution in [0.1, 0.15) is 33.0 Å². The zero-order valence-electron chi connectivity index (χ0n) is 18.9. The van der Waals surface area contributed by atoms with E-state index in [4.69, 9.17) is 4.98 Å². The molecular formula is C25H27N5OS. The van der Waals surface area contributed by atoms with E-state index in [1.165, 1.54) is 16.0 Å². The van der Waals surface area contributed by atoms with Gasteiger partial charge >= 0.3 is 0 Å². The third-order valence-corrected chi connectivity index (χ3v) is 7.22. The van der Waals surface area contributed by atoms with Crippen molar-refractivity contribution in [2.45, 2.75) is 40.2 Å². The summed E-state index contributed by atoms with van der Waals surface area (Å²) < 4.78 is 2.04. The van der Waals surface area contributed by atoms with E-state index in [0.717, 1.165) is 53.4 Å². The molecule has 1 N–H and O–H groups in total. The maximum absolute atomic E-state index is 13.1. The smallest absolute Gasteiger partial charge is 0.232 e. The highest BCUT2D eigenvalue weighted by Gasteiger charge is 2.21. The van der Waals surface area contributed by atoms with Gasteiger partial charge in [0.05, 0.1) is 23.5 Å². The highest BCUT2D eigenvalue weighted by Crippen LogP contribution is 2.30. The Kier molecular flexibility index (Phi) is 5.31. The van der Waals surface area contributed by atoms with Crippen molar-refractivity contribution in [3.63, 3.8) is 0 Å². The number of fused-ring (bicyclic) bond motifs is 2. The lowest BCUT2D eigenvalue weighted by molar-refractivity contribution is -0.115. The quantitative estimate of drug-likeness (QED) is 0.501. The number of aromatic nitrogens is 3. The van der Waals surface area contributed by atoms with Crippen LogP contribution in [0.4, 0.5) is 5.13 Å². The summed E-state index contributed by atoms with van der Waals surface area (Å²) in [4.78, 5) is 26.2. The summed E-state index contributed by atoms with van der Waals surface area (Å²) >= 11 is 1.58. The molecule has 0 saturated heterocycles. The van der Waals surface area contributed by atoms with Gasteiger partial charge in [-0.15, -0.1) is 11.3 Å². The van der Waals surface area contributed by atoms with E-state index in [0.29, 0.717) is 5.13 Å². The molecule has 0 radical (unpaired) electrons. The van der Waals surface area contributed by atoms with Gasteiger partial charge in [0.1, 0.15) is 5.65 Å². The maximum Gasteiger partial charge on any atom is 0.232 e. The molecule has 0 aliphatic carbocycles. The second kappa shape index (κ2) is 8.15. The average molecular weight is 446 g/mol. The molecule has 0 saturated carbocycles. The molecular weight excluding hydrogens is 418 g/mol. The van der Waals surface area contributed by atoms with E-state index in [9.17, 15) is 4.79 Å². The summed E-state index contributed by atoms with van der Waals surface area (Å²) in [7, 11) is 2.11. The highest BCUT2D eigenvalue weighted by atomic mass is 32.1. The van der Waals surface area contributed by atoms with Crippen LogP contribution in [0.25, 0.3) is 16.9 Å². The van der Waals surface area contributed by atoms with Crippen LogP contribution < -0.4 is 5.32 Å². The SMILES string of the molecule is Cc1ccc(-c2nc3c(C)cccn3c2CC(=O)Nc2nc3c(s2)CN(C)CC3)cc1C. The Balaban J connectivity index is 1.48. The fourth-order valence-electron chi connectivity index (χ4n) is 4.23. The third-order valence-electron chi connectivity index (χ3n) is 6.22. The summed E-state index contributed by atoms with van der Waals surface area (Å²) in [5.74, 6) is -0.0714. The Hall–Kier alpha value is -3.03. The second-order valence-electron chi connectivity index (χ2n) is 8.69. The van der Waals surface area contributed by atoms with Gasteiger partial charge in [-0.05, 0) is 56.6 Å². The molecule has 1 aliphatic heterocycles. The summed E-state index contributed by atoms with van der Waals surface area (Å²) in [5, 5.41) is 3.73. The van der Waals surface area contributed by atoms with Crippen LogP contribution >= 0.6 is 11.3 Å². The first-order valence-corrected chi connectivity index (χ1v) is 11.7. The Morgan fingerprint density at radius 2 is 1.97 bits per heavy atom. The molecule has 7 heteroatoms. The van der Waals surface area contributed by atoms with Crippen molar-refractivity contribution in [3.05, 3.63) is 69.5 Å². The normalized spacial score (nSPS) is 14.0. The number of anilines is 1. The molecule has 32 heavy (non-hydrogen) atoms. The zero-order chi connectivity index (χ0) is 22.4. The fourth-order valence-corrected chi connectivity index (χ4v) is 5.34. The van der Waals surface area contributed by atoms with E-state index in [-0.39, 0.29) is 12.3 Å². The molecule has 0 fully saturated rings. The van der Waals surface area contributed by atoms with Crippen LogP contribution in [0, 0.1) is 20.8 Å².